The van der Waals surface area contributed by atoms with E-state index in [4.69, 9.17) is 0 Å². The number of hydrogen-bond acceptors (Lipinski definition) is 0. The molecule has 74 valence electrons. The van der Waals surface area contributed by atoms with E-state index in [2.05, 4.69) is 48.3 Å². The fourth-order valence-electron chi connectivity index (χ4n) is 2.32. The molecule has 1 unspecified atom stereocenters. The average molecular weight is 195 g/mol. The summed E-state index contributed by atoms with van der Waals surface area (Å²) in [5.41, 5.74) is 5.41. The number of rotatable bonds is 1. The number of allylic oxidation sites excluding steroid dienone is 1. The van der Waals surface area contributed by atoms with Gasteiger partial charge in [-0.3, -0.25) is 0 Å². The van der Waals surface area contributed by atoms with Gasteiger partial charge in [-0.15, -0.1) is 0 Å². The van der Waals surface area contributed by atoms with Crippen molar-refractivity contribution in [3.05, 3.63) is 59.4 Å². The fourth-order valence-corrected chi connectivity index (χ4v) is 2.32. The summed E-state index contributed by atoms with van der Waals surface area (Å²) in [6.45, 7) is 2.26. The molecule has 15 heavy (non-hydrogen) atoms. The summed E-state index contributed by atoms with van der Waals surface area (Å²) >= 11 is 0. The Morgan fingerprint density at radius 1 is 1.07 bits per heavy atom. The number of fused-ring (bicyclic) bond motifs is 1. The van der Waals surface area contributed by atoms with Gasteiger partial charge in [0.15, 0.2) is 0 Å². The number of benzene rings is 1. The maximum Gasteiger partial charge on any atom is 0.0419 e. The van der Waals surface area contributed by atoms with E-state index in [0.29, 0.717) is 5.92 Å². The lowest BCUT2D eigenvalue weighted by atomic mass is 9.96. The van der Waals surface area contributed by atoms with Crippen LogP contribution in [0.2, 0.25) is 0 Å². The molecule has 0 saturated heterocycles. The topological polar surface area (TPSA) is 15.8 Å². The quantitative estimate of drug-likeness (QED) is 0.714. The van der Waals surface area contributed by atoms with Gasteiger partial charge in [0.25, 0.3) is 0 Å². The highest BCUT2D eigenvalue weighted by Gasteiger charge is 2.21. The Labute approximate surface area is 89.5 Å². The lowest BCUT2D eigenvalue weighted by Crippen LogP contribution is -1.92. The molecule has 1 aliphatic carbocycles. The molecule has 1 N–H and O–H groups in total. The van der Waals surface area contributed by atoms with Crippen LogP contribution < -0.4 is 0 Å². The van der Waals surface area contributed by atoms with Gasteiger partial charge in [0.2, 0.25) is 0 Å². The van der Waals surface area contributed by atoms with Gasteiger partial charge < -0.3 is 4.98 Å². The van der Waals surface area contributed by atoms with E-state index in [1.807, 2.05) is 12.3 Å². The molecular formula is C14H13N. The average Bonchev–Trinajstić information content (AvgIpc) is 2.87. The predicted octanol–water partition coefficient (Wildman–Crippen LogP) is 3.67. The SMILES string of the molecule is CC1C(c2ccc[nH]2)=Cc2ccccc21. The zero-order valence-corrected chi connectivity index (χ0v) is 8.70. The van der Waals surface area contributed by atoms with Gasteiger partial charge in [0.1, 0.15) is 0 Å². The fraction of sp³-hybridized carbons (Fsp3) is 0.143. The van der Waals surface area contributed by atoms with Crippen LogP contribution in [0.5, 0.6) is 0 Å². The zero-order chi connectivity index (χ0) is 10.3. The third-order valence-corrected chi connectivity index (χ3v) is 3.15. The lowest BCUT2D eigenvalue weighted by Gasteiger charge is -2.09. The molecule has 1 aromatic heterocycles. The molecule has 3 rings (SSSR count). The Hall–Kier alpha value is -1.76. The van der Waals surface area contributed by atoms with Crippen LogP contribution in [0.4, 0.5) is 0 Å². The van der Waals surface area contributed by atoms with E-state index in [-0.39, 0.29) is 0 Å². The second-order valence-electron chi connectivity index (χ2n) is 4.03. The molecule has 1 aliphatic rings. The summed E-state index contributed by atoms with van der Waals surface area (Å²) in [4.78, 5) is 3.28. The highest BCUT2D eigenvalue weighted by atomic mass is 14.7. The van der Waals surface area contributed by atoms with Gasteiger partial charge in [-0.1, -0.05) is 31.2 Å². The van der Waals surface area contributed by atoms with E-state index in [1.54, 1.807) is 0 Å². The molecule has 2 aromatic rings. The van der Waals surface area contributed by atoms with E-state index in [1.165, 1.54) is 22.4 Å². The van der Waals surface area contributed by atoms with Crippen LogP contribution in [0.3, 0.4) is 0 Å². The van der Waals surface area contributed by atoms with Crippen molar-refractivity contribution in [3.63, 3.8) is 0 Å². The molecular weight excluding hydrogens is 182 g/mol. The second kappa shape index (κ2) is 3.13. The third kappa shape index (κ3) is 1.23. The molecule has 1 atom stereocenters. The first-order valence-corrected chi connectivity index (χ1v) is 5.30. The Bertz CT molecular complexity index is 506. The third-order valence-electron chi connectivity index (χ3n) is 3.15. The molecule has 0 bridgehead atoms. The normalized spacial score (nSPS) is 18.7. The lowest BCUT2D eigenvalue weighted by molar-refractivity contribution is 1.00. The minimum Gasteiger partial charge on any atom is -0.361 e. The smallest absolute Gasteiger partial charge is 0.0419 e. The Morgan fingerprint density at radius 2 is 1.93 bits per heavy atom. The molecule has 0 aliphatic heterocycles. The summed E-state index contributed by atoms with van der Waals surface area (Å²) in [5, 5.41) is 0. The van der Waals surface area contributed by atoms with Crippen LogP contribution in [-0.2, 0) is 0 Å². The van der Waals surface area contributed by atoms with E-state index >= 15 is 0 Å². The van der Waals surface area contributed by atoms with E-state index in [9.17, 15) is 0 Å². The summed E-state index contributed by atoms with van der Waals surface area (Å²) in [6.07, 6.45) is 4.26. The van der Waals surface area contributed by atoms with Gasteiger partial charge in [-0.2, -0.15) is 0 Å². The van der Waals surface area contributed by atoms with Crippen molar-refractivity contribution >= 4 is 11.6 Å². The van der Waals surface area contributed by atoms with Gasteiger partial charge in [-0.25, -0.2) is 0 Å². The first kappa shape index (κ1) is 8.54. The summed E-state index contributed by atoms with van der Waals surface area (Å²) in [7, 11) is 0. The number of aromatic amines is 1. The van der Waals surface area contributed by atoms with Gasteiger partial charge in [-0.05, 0) is 34.9 Å². The molecule has 1 heterocycles. The minimum absolute atomic E-state index is 0.500. The van der Waals surface area contributed by atoms with Crippen molar-refractivity contribution in [3.8, 4) is 0 Å². The van der Waals surface area contributed by atoms with Crippen molar-refractivity contribution in [1.29, 1.82) is 0 Å². The molecule has 1 heteroatoms. The van der Waals surface area contributed by atoms with Crippen LogP contribution >= 0.6 is 0 Å². The molecule has 1 nitrogen and oxygen atoms in total. The second-order valence-corrected chi connectivity index (χ2v) is 4.03. The molecule has 1 aromatic carbocycles. The summed E-state index contributed by atoms with van der Waals surface area (Å²) in [5.74, 6) is 0.500. The Kier molecular flexibility index (Phi) is 1.78. The molecule has 0 amide bonds. The van der Waals surface area contributed by atoms with Crippen molar-refractivity contribution in [2.45, 2.75) is 12.8 Å². The van der Waals surface area contributed by atoms with Gasteiger partial charge in [0, 0.05) is 17.8 Å². The van der Waals surface area contributed by atoms with Crippen LogP contribution in [0, 0.1) is 0 Å². The highest BCUT2D eigenvalue weighted by molar-refractivity contribution is 5.90. The first-order chi connectivity index (χ1) is 7.36. The minimum atomic E-state index is 0.500. The summed E-state index contributed by atoms with van der Waals surface area (Å²) < 4.78 is 0. The number of aromatic nitrogens is 1. The molecule has 0 spiro atoms. The van der Waals surface area contributed by atoms with Crippen LogP contribution in [-0.4, -0.2) is 4.98 Å². The molecule has 0 saturated carbocycles. The molecule has 0 fully saturated rings. The maximum atomic E-state index is 3.28. The molecule has 0 radical (unpaired) electrons. The van der Waals surface area contributed by atoms with Crippen LogP contribution in [0.1, 0.15) is 29.7 Å². The number of nitrogens with one attached hydrogen (secondary N) is 1. The van der Waals surface area contributed by atoms with Crippen molar-refractivity contribution < 1.29 is 0 Å². The monoisotopic (exact) mass is 195 g/mol. The zero-order valence-electron chi connectivity index (χ0n) is 8.70. The van der Waals surface area contributed by atoms with Crippen molar-refractivity contribution in [2.75, 3.05) is 0 Å². The number of H-pyrrole nitrogens is 1. The van der Waals surface area contributed by atoms with Crippen LogP contribution in [0.25, 0.3) is 11.6 Å². The van der Waals surface area contributed by atoms with Crippen molar-refractivity contribution in [1.82, 2.24) is 4.98 Å². The maximum absolute atomic E-state index is 3.28. The van der Waals surface area contributed by atoms with Gasteiger partial charge in [0.05, 0.1) is 0 Å². The Balaban J connectivity index is 2.11. The highest BCUT2D eigenvalue weighted by Crippen LogP contribution is 2.40. The predicted molar refractivity (Wildman–Crippen MR) is 63.5 cm³/mol. The van der Waals surface area contributed by atoms with E-state index in [0.717, 1.165) is 0 Å². The first-order valence-electron chi connectivity index (χ1n) is 5.30. The van der Waals surface area contributed by atoms with Gasteiger partial charge >= 0.3 is 0 Å². The van der Waals surface area contributed by atoms with E-state index < -0.39 is 0 Å². The van der Waals surface area contributed by atoms with Crippen LogP contribution in [0.15, 0.2) is 42.6 Å². The standard InChI is InChI=1S/C14H13N/c1-10-12-6-3-2-5-11(12)9-13(10)14-7-4-8-15-14/h2-10,15H,1H3. The van der Waals surface area contributed by atoms with Crippen molar-refractivity contribution in [2.24, 2.45) is 0 Å². The Morgan fingerprint density at radius 3 is 2.67 bits per heavy atom. The largest absolute Gasteiger partial charge is 0.361 e. The number of hydrogen-bond donors (Lipinski definition) is 1. The summed E-state index contributed by atoms with van der Waals surface area (Å²) in [6, 6.07) is 12.8.